The highest BCUT2D eigenvalue weighted by Gasteiger charge is 2.19. The van der Waals surface area contributed by atoms with E-state index < -0.39 is 0 Å². The predicted molar refractivity (Wildman–Crippen MR) is 114 cm³/mol. The zero-order valence-corrected chi connectivity index (χ0v) is 15.7. The smallest absolute Gasteiger partial charge is 0.159 e. The van der Waals surface area contributed by atoms with Crippen molar-refractivity contribution >= 4 is 43.7 Å². The molecule has 0 spiro atoms. The van der Waals surface area contributed by atoms with Crippen LogP contribution in [-0.4, -0.2) is 4.57 Å². The molecule has 5 aromatic rings. The van der Waals surface area contributed by atoms with Gasteiger partial charge in [-0.15, -0.1) is 0 Å². The van der Waals surface area contributed by atoms with Crippen molar-refractivity contribution in [2.75, 3.05) is 0 Å². The van der Waals surface area contributed by atoms with Gasteiger partial charge in [0.1, 0.15) is 5.58 Å². The summed E-state index contributed by atoms with van der Waals surface area (Å²) in [6.07, 6.45) is 6.82. The van der Waals surface area contributed by atoms with E-state index in [1.165, 1.54) is 70.2 Å². The molecule has 134 valence electrons. The molecule has 0 unspecified atom stereocenters. The molecule has 0 saturated heterocycles. The number of fused-ring (bicyclic) bond motifs is 7. The number of hydrogen-bond acceptors (Lipinski definition) is 1. The highest BCUT2D eigenvalue weighted by Crippen LogP contribution is 2.40. The Morgan fingerprint density at radius 2 is 1.59 bits per heavy atom. The molecule has 0 radical (unpaired) electrons. The SMILES string of the molecule is Cn1c2cc(C3CCCCC3)ccc2c2ccc3c4ccccc4oc3c21. The fourth-order valence-corrected chi connectivity index (χ4v) is 5.19. The van der Waals surface area contributed by atoms with Crippen LogP contribution in [0.2, 0.25) is 0 Å². The Hall–Kier alpha value is -2.74. The van der Waals surface area contributed by atoms with E-state index in [0.29, 0.717) is 0 Å². The first kappa shape index (κ1) is 15.3. The fraction of sp³-hybridized carbons (Fsp3) is 0.280. The highest BCUT2D eigenvalue weighted by atomic mass is 16.3. The van der Waals surface area contributed by atoms with Gasteiger partial charge < -0.3 is 8.98 Å². The van der Waals surface area contributed by atoms with E-state index in [9.17, 15) is 0 Å². The Labute approximate surface area is 158 Å². The number of aromatic nitrogens is 1. The summed E-state index contributed by atoms with van der Waals surface area (Å²) in [5.41, 5.74) is 6.01. The van der Waals surface area contributed by atoms with E-state index in [2.05, 4.69) is 60.1 Å². The molecule has 27 heavy (non-hydrogen) atoms. The zero-order valence-electron chi connectivity index (χ0n) is 15.7. The molecule has 3 aromatic carbocycles. The molecule has 0 N–H and O–H groups in total. The molecule has 1 aliphatic carbocycles. The van der Waals surface area contributed by atoms with Crippen LogP contribution in [-0.2, 0) is 7.05 Å². The molecular formula is C25H23NO. The van der Waals surface area contributed by atoms with Crippen molar-refractivity contribution in [2.45, 2.75) is 38.0 Å². The van der Waals surface area contributed by atoms with Crippen molar-refractivity contribution < 1.29 is 4.42 Å². The minimum Gasteiger partial charge on any atom is -0.454 e. The monoisotopic (exact) mass is 353 g/mol. The van der Waals surface area contributed by atoms with E-state index in [0.717, 1.165) is 17.1 Å². The number of aryl methyl sites for hydroxylation is 1. The Bertz CT molecular complexity index is 1310. The number of nitrogens with zero attached hydrogens (tertiary/aromatic N) is 1. The summed E-state index contributed by atoms with van der Waals surface area (Å²) in [6, 6.07) is 19.9. The molecule has 1 fully saturated rings. The first-order chi connectivity index (χ1) is 13.3. The highest BCUT2D eigenvalue weighted by molar-refractivity contribution is 6.20. The maximum absolute atomic E-state index is 6.30. The Kier molecular flexibility index (Phi) is 3.19. The number of para-hydroxylation sites is 1. The molecular weight excluding hydrogens is 330 g/mol. The lowest BCUT2D eigenvalue weighted by Gasteiger charge is -2.22. The minimum atomic E-state index is 0.729. The van der Waals surface area contributed by atoms with Gasteiger partial charge in [-0.3, -0.25) is 0 Å². The van der Waals surface area contributed by atoms with E-state index in [1.807, 2.05) is 6.07 Å². The van der Waals surface area contributed by atoms with Crippen molar-refractivity contribution in [3.05, 3.63) is 60.2 Å². The number of hydrogen-bond donors (Lipinski definition) is 0. The third-order valence-corrected chi connectivity index (χ3v) is 6.61. The molecule has 2 aromatic heterocycles. The molecule has 1 aliphatic rings. The van der Waals surface area contributed by atoms with Gasteiger partial charge in [-0.05, 0) is 42.5 Å². The van der Waals surface area contributed by atoms with Crippen LogP contribution >= 0.6 is 0 Å². The number of benzene rings is 3. The summed E-state index contributed by atoms with van der Waals surface area (Å²) in [6.45, 7) is 0. The fourth-order valence-electron chi connectivity index (χ4n) is 5.19. The van der Waals surface area contributed by atoms with Crippen molar-refractivity contribution in [3.8, 4) is 0 Å². The Morgan fingerprint density at radius 1 is 0.815 bits per heavy atom. The van der Waals surface area contributed by atoms with E-state index in [4.69, 9.17) is 4.42 Å². The van der Waals surface area contributed by atoms with Gasteiger partial charge in [0.15, 0.2) is 5.58 Å². The first-order valence-electron chi connectivity index (χ1n) is 10.1. The van der Waals surface area contributed by atoms with Crippen molar-refractivity contribution in [1.29, 1.82) is 0 Å². The zero-order chi connectivity index (χ0) is 18.0. The number of furan rings is 1. The summed E-state index contributed by atoms with van der Waals surface area (Å²) < 4.78 is 8.64. The van der Waals surface area contributed by atoms with Crippen molar-refractivity contribution in [3.63, 3.8) is 0 Å². The summed E-state index contributed by atoms with van der Waals surface area (Å²) in [5.74, 6) is 0.729. The van der Waals surface area contributed by atoms with Gasteiger partial charge in [-0.1, -0.05) is 55.7 Å². The van der Waals surface area contributed by atoms with Crippen LogP contribution in [0.25, 0.3) is 43.7 Å². The summed E-state index contributed by atoms with van der Waals surface area (Å²) in [7, 11) is 2.18. The molecule has 1 saturated carbocycles. The lowest BCUT2D eigenvalue weighted by Crippen LogP contribution is -2.04. The van der Waals surface area contributed by atoms with Crippen LogP contribution in [0.4, 0.5) is 0 Å². The third-order valence-electron chi connectivity index (χ3n) is 6.61. The summed E-state index contributed by atoms with van der Waals surface area (Å²) >= 11 is 0. The van der Waals surface area contributed by atoms with Crippen LogP contribution in [0.15, 0.2) is 59.0 Å². The van der Waals surface area contributed by atoms with Gasteiger partial charge in [0.2, 0.25) is 0 Å². The average molecular weight is 353 g/mol. The maximum Gasteiger partial charge on any atom is 0.159 e. The molecule has 0 bridgehead atoms. The molecule has 2 heteroatoms. The summed E-state index contributed by atoms with van der Waals surface area (Å²) in [5, 5.41) is 5.02. The second-order valence-corrected chi connectivity index (χ2v) is 8.11. The minimum absolute atomic E-state index is 0.729. The van der Waals surface area contributed by atoms with Crippen LogP contribution < -0.4 is 0 Å². The first-order valence-corrected chi connectivity index (χ1v) is 10.1. The summed E-state index contributed by atoms with van der Waals surface area (Å²) in [4.78, 5) is 0. The molecule has 0 aliphatic heterocycles. The molecule has 2 nitrogen and oxygen atoms in total. The van der Waals surface area contributed by atoms with E-state index in [-0.39, 0.29) is 0 Å². The van der Waals surface area contributed by atoms with Gasteiger partial charge in [0, 0.05) is 34.1 Å². The van der Waals surface area contributed by atoms with E-state index >= 15 is 0 Å². The van der Waals surface area contributed by atoms with Gasteiger partial charge in [0.05, 0.1) is 5.52 Å². The topological polar surface area (TPSA) is 18.1 Å². The van der Waals surface area contributed by atoms with Gasteiger partial charge in [0.25, 0.3) is 0 Å². The average Bonchev–Trinajstić information content (AvgIpc) is 3.24. The van der Waals surface area contributed by atoms with Crippen molar-refractivity contribution in [2.24, 2.45) is 7.05 Å². The van der Waals surface area contributed by atoms with Crippen LogP contribution in [0.5, 0.6) is 0 Å². The quantitative estimate of drug-likeness (QED) is 0.310. The van der Waals surface area contributed by atoms with Crippen LogP contribution in [0.1, 0.15) is 43.6 Å². The third kappa shape index (κ3) is 2.13. The lowest BCUT2D eigenvalue weighted by molar-refractivity contribution is 0.444. The second kappa shape index (κ2) is 5.63. The Morgan fingerprint density at radius 3 is 2.48 bits per heavy atom. The maximum atomic E-state index is 6.30. The standard InChI is InChI=1S/C25H23NO/c1-26-22-15-17(16-7-3-2-4-8-16)11-12-18(22)20-13-14-21-19-9-5-6-10-23(19)27-25(21)24(20)26/h5-6,9-16H,2-4,7-8H2,1H3. The normalized spacial score (nSPS) is 16.2. The lowest BCUT2D eigenvalue weighted by atomic mass is 9.84. The van der Waals surface area contributed by atoms with Crippen LogP contribution in [0, 0.1) is 0 Å². The van der Waals surface area contributed by atoms with Crippen molar-refractivity contribution in [1.82, 2.24) is 4.57 Å². The Balaban J connectivity index is 1.66. The van der Waals surface area contributed by atoms with Gasteiger partial charge in [-0.25, -0.2) is 0 Å². The van der Waals surface area contributed by atoms with Gasteiger partial charge in [-0.2, -0.15) is 0 Å². The molecule has 0 amide bonds. The van der Waals surface area contributed by atoms with Crippen LogP contribution in [0.3, 0.4) is 0 Å². The van der Waals surface area contributed by atoms with Gasteiger partial charge >= 0.3 is 0 Å². The molecule has 6 rings (SSSR count). The second-order valence-electron chi connectivity index (χ2n) is 8.11. The molecule has 0 atom stereocenters. The predicted octanol–water partition coefficient (Wildman–Crippen LogP) is 7.28. The number of rotatable bonds is 1. The molecule has 2 heterocycles. The van der Waals surface area contributed by atoms with E-state index in [1.54, 1.807) is 0 Å². The largest absolute Gasteiger partial charge is 0.454 e.